The van der Waals surface area contributed by atoms with Gasteiger partial charge in [-0.2, -0.15) is 0 Å². The van der Waals surface area contributed by atoms with Crippen LogP contribution in [0.25, 0.3) is 0 Å². The lowest BCUT2D eigenvalue weighted by Gasteiger charge is -2.18. The Labute approximate surface area is 147 Å². The molecule has 0 bridgehead atoms. The first-order valence-corrected chi connectivity index (χ1v) is 8.58. The first-order valence-electron chi connectivity index (χ1n) is 8.58. The number of amides is 1. The van der Waals surface area contributed by atoms with Crippen molar-refractivity contribution in [2.75, 3.05) is 26.4 Å². The SMILES string of the molecule is O=C(CCc1ccc2c(c1)OCCO2)NCCOCc1ccccc1. The van der Waals surface area contributed by atoms with E-state index in [2.05, 4.69) is 5.32 Å². The number of rotatable bonds is 8. The van der Waals surface area contributed by atoms with Gasteiger partial charge in [-0.15, -0.1) is 0 Å². The molecule has 3 rings (SSSR count). The zero-order valence-electron chi connectivity index (χ0n) is 14.2. The summed E-state index contributed by atoms with van der Waals surface area (Å²) in [7, 11) is 0. The molecule has 0 radical (unpaired) electrons. The monoisotopic (exact) mass is 341 g/mol. The molecular weight excluding hydrogens is 318 g/mol. The maximum atomic E-state index is 11.9. The van der Waals surface area contributed by atoms with Crippen LogP contribution in [0.1, 0.15) is 17.5 Å². The Balaban J connectivity index is 1.31. The molecule has 5 nitrogen and oxygen atoms in total. The van der Waals surface area contributed by atoms with Gasteiger partial charge in [0.1, 0.15) is 13.2 Å². The lowest BCUT2D eigenvalue weighted by molar-refractivity contribution is -0.121. The summed E-state index contributed by atoms with van der Waals surface area (Å²) in [4.78, 5) is 11.9. The molecule has 0 aliphatic carbocycles. The molecule has 25 heavy (non-hydrogen) atoms. The zero-order valence-corrected chi connectivity index (χ0v) is 14.2. The quantitative estimate of drug-likeness (QED) is 0.750. The summed E-state index contributed by atoms with van der Waals surface area (Å²) in [5, 5.41) is 2.88. The molecule has 1 heterocycles. The van der Waals surface area contributed by atoms with E-state index in [0.29, 0.717) is 45.8 Å². The van der Waals surface area contributed by atoms with E-state index in [1.807, 2.05) is 48.5 Å². The maximum absolute atomic E-state index is 11.9. The van der Waals surface area contributed by atoms with E-state index in [1.54, 1.807) is 0 Å². The van der Waals surface area contributed by atoms with Gasteiger partial charge < -0.3 is 19.5 Å². The molecular formula is C20H23NO4. The third-order valence-electron chi connectivity index (χ3n) is 3.93. The Hall–Kier alpha value is -2.53. The highest BCUT2D eigenvalue weighted by atomic mass is 16.6. The van der Waals surface area contributed by atoms with Crippen LogP contribution in [0.15, 0.2) is 48.5 Å². The second-order valence-corrected chi connectivity index (χ2v) is 5.87. The molecule has 0 spiro atoms. The summed E-state index contributed by atoms with van der Waals surface area (Å²) >= 11 is 0. The van der Waals surface area contributed by atoms with Crippen LogP contribution in [0.3, 0.4) is 0 Å². The van der Waals surface area contributed by atoms with Crippen LogP contribution in [-0.2, 0) is 22.6 Å². The lowest BCUT2D eigenvalue weighted by atomic mass is 10.1. The molecule has 0 unspecified atom stereocenters. The Bertz CT molecular complexity index is 687. The molecule has 1 amide bonds. The average molecular weight is 341 g/mol. The van der Waals surface area contributed by atoms with Crippen LogP contribution in [0.5, 0.6) is 11.5 Å². The Morgan fingerprint density at radius 3 is 2.64 bits per heavy atom. The highest BCUT2D eigenvalue weighted by molar-refractivity contribution is 5.76. The minimum atomic E-state index is 0.0261. The largest absolute Gasteiger partial charge is 0.486 e. The van der Waals surface area contributed by atoms with E-state index in [1.165, 1.54) is 0 Å². The second kappa shape index (κ2) is 9.08. The highest BCUT2D eigenvalue weighted by Gasteiger charge is 2.12. The van der Waals surface area contributed by atoms with E-state index in [0.717, 1.165) is 22.6 Å². The lowest BCUT2D eigenvalue weighted by Crippen LogP contribution is -2.27. The van der Waals surface area contributed by atoms with Gasteiger partial charge in [-0.3, -0.25) is 4.79 Å². The molecule has 1 aliphatic heterocycles. The fraction of sp³-hybridized carbons (Fsp3) is 0.350. The fourth-order valence-corrected chi connectivity index (χ4v) is 2.62. The molecule has 2 aromatic rings. The molecule has 1 aliphatic rings. The molecule has 0 saturated carbocycles. The molecule has 0 aromatic heterocycles. The second-order valence-electron chi connectivity index (χ2n) is 5.87. The van der Waals surface area contributed by atoms with Crippen LogP contribution in [0, 0.1) is 0 Å². The van der Waals surface area contributed by atoms with Gasteiger partial charge >= 0.3 is 0 Å². The highest BCUT2D eigenvalue weighted by Crippen LogP contribution is 2.30. The minimum absolute atomic E-state index is 0.0261. The van der Waals surface area contributed by atoms with Gasteiger partial charge in [0.05, 0.1) is 13.2 Å². The van der Waals surface area contributed by atoms with E-state index in [-0.39, 0.29) is 5.91 Å². The number of nitrogens with one attached hydrogen (secondary N) is 1. The third kappa shape index (κ3) is 5.50. The number of benzene rings is 2. The first-order chi connectivity index (χ1) is 12.3. The van der Waals surface area contributed by atoms with E-state index >= 15 is 0 Å². The van der Waals surface area contributed by atoms with Crippen molar-refractivity contribution in [1.82, 2.24) is 5.32 Å². The van der Waals surface area contributed by atoms with Gasteiger partial charge in [0.15, 0.2) is 11.5 Å². The summed E-state index contributed by atoms with van der Waals surface area (Å²) in [6.45, 7) is 2.74. The van der Waals surface area contributed by atoms with Crippen LogP contribution < -0.4 is 14.8 Å². The molecule has 0 saturated heterocycles. The summed E-state index contributed by atoms with van der Waals surface area (Å²) in [6.07, 6.45) is 1.12. The zero-order chi connectivity index (χ0) is 17.3. The van der Waals surface area contributed by atoms with Crippen molar-refractivity contribution in [2.45, 2.75) is 19.4 Å². The maximum Gasteiger partial charge on any atom is 0.220 e. The molecule has 132 valence electrons. The third-order valence-corrected chi connectivity index (χ3v) is 3.93. The number of fused-ring (bicyclic) bond motifs is 1. The summed E-state index contributed by atoms with van der Waals surface area (Å²) < 4.78 is 16.6. The minimum Gasteiger partial charge on any atom is -0.486 e. The summed E-state index contributed by atoms with van der Waals surface area (Å²) in [6, 6.07) is 15.8. The van der Waals surface area contributed by atoms with E-state index in [9.17, 15) is 4.79 Å². The van der Waals surface area contributed by atoms with Gasteiger partial charge in [0, 0.05) is 13.0 Å². The normalized spacial score (nSPS) is 12.6. The molecule has 2 aromatic carbocycles. The first kappa shape index (κ1) is 17.3. The van der Waals surface area contributed by atoms with Crippen molar-refractivity contribution in [1.29, 1.82) is 0 Å². The van der Waals surface area contributed by atoms with Gasteiger partial charge in [0.2, 0.25) is 5.91 Å². The van der Waals surface area contributed by atoms with Crippen LogP contribution >= 0.6 is 0 Å². The van der Waals surface area contributed by atoms with Gasteiger partial charge in [-0.25, -0.2) is 0 Å². The van der Waals surface area contributed by atoms with Crippen LogP contribution in [-0.4, -0.2) is 32.3 Å². The predicted octanol–water partition coefficient (Wildman–Crippen LogP) is 2.72. The fourth-order valence-electron chi connectivity index (χ4n) is 2.62. The van der Waals surface area contributed by atoms with Crippen molar-refractivity contribution in [3.8, 4) is 11.5 Å². The molecule has 5 heteroatoms. The smallest absolute Gasteiger partial charge is 0.220 e. The van der Waals surface area contributed by atoms with E-state index < -0.39 is 0 Å². The van der Waals surface area contributed by atoms with Crippen molar-refractivity contribution in [3.63, 3.8) is 0 Å². The van der Waals surface area contributed by atoms with Crippen molar-refractivity contribution in [2.24, 2.45) is 0 Å². The van der Waals surface area contributed by atoms with Gasteiger partial charge in [-0.05, 0) is 29.7 Å². The van der Waals surface area contributed by atoms with Crippen molar-refractivity contribution >= 4 is 5.91 Å². The van der Waals surface area contributed by atoms with Crippen molar-refractivity contribution < 1.29 is 19.0 Å². The molecule has 1 N–H and O–H groups in total. The van der Waals surface area contributed by atoms with Gasteiger partial charge in [0.25, 0.3) is 0 Å². The summed E-state index contributed by atoms with van der Waals surface area (Å²) in [5.41, 5.74) is 2.20. The number of hydrogen-bond acceptors (Lipinski definition) is 4. The Kier molecular flexibility index (Phi) is 6.29. The standard InChI is InChI=1S/C20H23NO4/c22-20(21-10-11-23-15-17-4-2-1-3-5-17)9-7-16-6-8-18-19(14-16)25-13-12-24-18/h1-6,8,14H,7,9-13,15H2,(H,21,22). The topological polar surface area (TPSA) is 56.8 Å². The van der Waals surface area contributed by atoms with Crippen molar-refractivity contribution in [3.05, 3.63) is 59.7 Å². The predicted molar refractivity (Wildman–Crippen MR) is 94.9 cm³/mol. The Morgan fingerprint density at radius 1 is 1.00 bits per heavy atom. The summed E-state index contributed by atoms with van der Waals surface area (Å²) in [5.74, 6) is 1.56. The number of carbonyl (C=O) groups excluding carboxylic acids is 1. The average Bonchev–Trinajstić information content (AvgIpc) is 2.67. The Morgan fingerprint density at radius 2 is 1.80 bits per heavy atom. The number of carbonyl (C=O) groups is 1. The van der Waals surface area contributed by atoms with Crippen LogP contribution in [0.2, 0.25) is 0 Å². The molecule has 0 fully saturated rings. The number of aryl methyl sites for hydroxylation is 1. The number of ether oxygens (including phenoxy) is 3. The molecule has 0 atom stereocenters. The van der Waals surface area contributed by atoms with Gasteiger partial charge in [-0.1, -0.05) is 36.4 Å². The number of hydrogen-bond donors (Lipinski definition) is 1. The van der Waals surface area contributed by atoms with Crippen LogP contribution in [0.4, 0.5) is 0 Å². The van der Waals surface area contributed by atoms with E-state index in [4.69, 9.17) is 14.2 Å².